The van der Waals surface area contributed by atoms with Crippen LogP contribution in [0.3, 0.4) is 0 Å². The Kier molecular flexibility index (Phi) is 5.60. The first-order chi connectivity index (χ1) is 7.52. The summed E-state index contributed by atoms with van der Waals surface area (Å²) in [7, 11) is 0. The Morgan fingerprint density at radius 1 is 1.19 bits per heavy atom. The van der Waals surface area contributed by atoms with E-state index in [2.05, 4.69) is 13.8 Å². The van der Waals surface area contributed by atoms with Crippen LogP contribution in [0.5, 0.6) is 0 Å². The Bertz CT molecular complexity index is 337. The number of aliphatic hydroxyl groups is 1. The lowest BCUT2D eigenvalue weighted by Gasteiger charge is -2.16. The molecule has 0 saturated carbocycles. The smallest absolute Gasteiger partial charge is 0.0595 e. The molecule has 90 valence electrons. The van der Waals surface area contributed by atoms with Crippen molar-refractivity contribution < 1.29 is 5.11 Å². The van der Waals surface area contributed by atoms with Crippen LogP contribution in [0.25, 0.3) is 0 Å². The highest BCUT2D eigenvalue weighted by Gasteiger charge is 2.11. The molecule has 0 aliphatic carbocycles. The average Bonchev–Trinajstić information content (AvgIpc) is 2.22. The average molecular weight is 261 g/mol. The zero-order valence-corrected chi connectivity index (χ0v) is 11.2. The molecule has 0 fully saturated rings. The molecule has 1 rings (SSSR count). The second-order valence-electron chi connectivity index (χ2n) is 4.63. The van der Waals surface area contributed by atoms with Crippen LogP contribution in [0.15, 0.2) is 18.2 Å². The van der Waals surface area contributed by atoms with Crippen LogP contribution in [0.4, 0.5) is 0 Å². The van der Waals surface area contributed by atoms with E-state index in [0.717, 1.165) is 18.4 Å². The third kappa shape index (κ3) is 4.32. The standard InChI is InChI=1S/C13H18Cl2O/c1-9(2)5-11(8-16)6-10-3-4-12(14)13(15)7-10/h3-4,7,9,11,16H,5-6,8H2,1-2H3. The highest BCUT2D eigenvalue weighted by Crippen LogP contribution is 2.25. The molecule has 0 spiro atoms. The minimum Gasteiger partial charge on any atom is -0.396 e. The second kappa shape index (κ2) is 6.48. The fourth-order valence-corrected chi connectivity index (χ4v) is 2.21. The third-order valence-electron chi connectivity index (χ3n) is 2.57. The molecular formula is C13H18Cl2O. The number of hydrogen-bond acceptors (Lipinski definition) is 1. The Labute approximate surface area is 107 Å². The molecule has 0 aliphatic heterocycles. The van der Waals surface area contributed by atoms with Crippen molar-refractivity contribution in [1.82, 2.24) is 0 Å². The van der Waals surface area contributed by atoms with Crippen LogP contribution in [0.1, 0.15) is 25.8 Å². The molecular weight excluding hydrogens is 243 g/mol. The predicted octanol–water partition coefficient (Wildman–Crippen LogP) is 4.19. The molecule has 0 radical (unpaired) electrons. The van der Waals surface area contributed by atoms with Crippen LogP contribution >= 0.6 is 23.2 Å². The first kappa shape index (κ1) is 13.8. The van der Waals surface area contributed by atoms with E-state index in [1.54, 1.807) is 0 Å². The highest BCUT2D eigenvalue weighted by atomic mass is 35.5. The van der Waals surface area contributed by atoms with Crippen LogP contribution in [-0.2, 0) is 6.42 Å². The topological polar surface area (TPSA) is 20.2 Å². The van der Waals surface area contributed by atoms with E-state index in [1.807, 2.05) is 18.2 Å². The predicted molar refractivity (Wildman–Crippen MR) is 70.2 cm³/mol. The maximum atomic E-state index is 9.30. The summed E-state index contributed by atoms with van der Waals surface area (Å²) < 4.78 is 0. The third-order valence-corrected chi connectivity index (χ3v) is 3.31. The van der Waals surface area contributed by atoms with Gasteiger partial charge in [-0.05, 0) is 42.4 Å². The van der Waals surface area contributed by atoms with E-state index >= 15 is 0 Å². The maximum absolute atomic E-state index is 9.30. The fourth-order valence-electron chi connectivity index (χ4n) is 1.89. The molecule has 0 bridgehead atoms. The summed E-state index contributed by atoms with van der Waals surface area (Å²) in [5.74, 6) is 0.900. The summed E-state index contributed by atoms with van der Waals surface area (Å²) in [6.45, 7) is 4.55. The Morgan fingerprint density at radius 3 is 2.38 bits per heavy atom. The molecule has 1 aromatic carbocycles. The van der Waals surface area contributed by atoms with E-state index in [4.69, 9.17) is 23.2 Å². The monoisotopic (exact) mass is 260 g/mol. The van der Waals surface area contributed by atoms with Crippen molar-refractivity contribution in [3.05, 3.63) is 33.8 Å². The molecule has 1 atom stereocenters. The van der Waals surface area contributed by atoms with Crippen LogP contribution in [0, 0.1) is 11.8 Å². The fraction of sp³-hybridized carbons (Fsp3) is 0.538. The Hall–Kier alpha value is -0.240. The van der Waals surface area contributed by atoms with Crippen molar-refractivity contribution in [2.24, 2.45) is 11.8 Å². The summed E-state index contributed by atoms with van der Waals surface area (Å²) in [6.07, 6.45) is 1.88. The lowest BCUT2D eigenvalue weighted by Crippen LogP contribution is -2.12. The van der Waals surface area contributed by atoms with Crippen molar-refractivity contribution in [3.63, 3.8) is 0 Å². The molecule has 0 saturated heterocycles. The number of rotatable bonds is 5. The van der Waals surface area contributed by atoms with E-state index in [-0.39, 0.29) is 6.61 Å². The van der Waals surface area contributed by atoms with E-state index in [1.165, 1.54) is 0 Å². The van der Waals surface area contributed by atoms with Crippen LogP contribution in [-0.4, -0.2) is 11.7 Å². The summed E-state index contributed by atoms with van der Waals surface area (Å²) in [5, 5.41) is 10.5. The molecule has 1 N–H and O–H groups in total. The lowest BCUT2D eigenvalue weighted by molar-refractivity contribution is 0.205. The molecule has 0 aliphatic rings. The van der Waals surface area contributed by atoms with E-state index in [0.29, 0.717) is 21.9 Å². The van der Waals surface area contributed by atoms with Crippen molar-refractivity contribution >= 4 is 23.2 Å². The highest BCUT2D eigenvalue weighted by molar-refractivity contribution is 6.42. The minimum atomic E-state index is 0.221. The SMILES string of the molecule is CC(C)CC(CO)Cc1ccc(Cl)c(Cl)c1. The van der Waals surface area contributed by atoms with Gasteiger partial charge in [0, 0.05) is 6.61 Å². The van der Waals surface area contributed by atoms with Gasteiger partial charge in [-0.3, -0.25) is 0 Å². The van der Waals surface area contributed by atoms with Gasteiger partial charge in [0.1, 0.15) is 0 Å². The molecule has 0 amide bonds. The second-order valence-corrected chi connectivity index (χ2v) is 5.45. The zero-order valence-electron chi connectivity index (χ0n) is 9.71. The van der Waals surface area contributed by atoms with Gasteiger partial charge in [-0.15, -0.1) is 0 Å². The normalized spacial score (nSPS) is 13.1. The number of aliphatic hydroxyl groups excluding tert-OH is 1. The molecule has 1 unspecified atom stereocenters. The molecule has 16 heavy (non-hydrogen) atoms. The van der Waals surface area contributed by atoms with Gasteiger partial charge < -0.3 is 5.11 Å². The number of hydrogen-bond donors (Lipinski definition) is 1. The lowest BCUT2D eigenvalue weighted by atomic mass is 9.92. The van der Waals surface area contributed by atoms with Crippen molar-refractivity contribution in [3.8, 4) is 0 Å². The van der Waals surface area contributed by atoms with Gasteiger partial charge in [0.05, 0.1) is 10.0 Å². The van der Waals surface area contributed by atoms with Crippen molar-refractivity contribution in [1.29, 1.82) is 0 Å². The summed E-state index contributed by atoms with van der Waals surface area (Å²) in [6, 6.07) is 5.66. The maximum Gasteiger partial charge on any atom is 0.0595 e. The first-order valence-corrected chi connectivity index (χ1v) is 6.33. The largest absolute Gasteiger partial charge is 0.396 e. The molecule has 0 heterocycles. The number of benzene rings is 1. The molecule has 3 heteroatoms. The van der Waals surface area contributed by atoms with Gasteiger partial charge in [0.15, 0.2) is 0 Å². The quantitative estimate of drug-likeness (QED) is 0.842. The summed E-state index contributed by atoms with van der Waals surface area (Å²) >= 11 is 11.8. The van der Waals surface area contributed by atoms with Gasteiger partial charge in [0.25, 0.3) is 0 Å². The van der Waals surface area contributed by atoms with Crippen molar-refractivity contribution in [2.75, 3.05) is 6.61 Å². The molecule has 1 aromatic rings. The summed E-state index contributed by atoms with van der Waals surface area (Å²) in [4.78, 5) is 0. The Morgan fingerprint density at radius 2 is 1.88 bits per heavy atom. The zero-order chi connectivity index (χ0) is 12.1. The van der Waals surface area contributed by atoms with Gasteiger partial charge in [0.2, 0.25) is 0 Å². The van der Waals surface area contributed by atoms with E-state index < -0.39 is 0 Å². The van der Waals surface area contributed by atoms with Crippen molar-refractivity contribution in [2.45, 2.75) is 26.7 Å². The summed E-state index contributed by atoms with van der Waals surface area (Å²) in [5.41, 5.74) is 1.13. The van der Waals surface area contributed by atoms with Gasteiger partial charge in [-0.1, -0.05) is 43.1 Å². The van der Waals surface area contributed by atoms with Gasteiger partial charge >= 0.3 is 0 Å². The van der Waals surface area contributed by atoms with E-state index in [9.17, 15) is 5.11 Å². The van der Waals surface area contributed by atoms with Gasteiger partial charge in [-0.25, -0.2) is 0 Å². The number of halogens is 2. The van der Waals surface area contributed by atoms with Gasteiger partial charge in [-0.2, -0.15) is 0 Å². The molecule has 0 aromatic heterocycles. The minimum absolute atomic E-state index is 0.221. The Balaban J connectivity index is 2.66. The molecule has 1 nitrogen and oxygen atoms in total. The van der Waals surface area contributed by atoms with Crippen LogP contribution in [0.2, 0.25) is 10.0 Å². The first-order valence-electron chi connectivity index (χ1n) is 5.57. The van der Waals surface area contributed by atoms with Crippen LogP contribution < -0.4 is 0 Å².